The van der Waals surface area contributed by atoms with Crippen LogP contribution in [0.4, 0.5) is 0 Å². The van der Waals surface area contributed by atoms with Crippen LogP contribution in [0.3, 0.4) is 0 Å². The molecule has 120 valence electrons. The molecule has 3 heterocycles. The maximum atomic E-state index is 12.5. The number of aromatic nitrogens is 1. The van der Waals surface area contributed by atoms with Gasteiger partial charge in [-0.3, -0.25) is 9.78 Å². The fourth-order valence-corrected chi connectivity index (χ4v) is 3.50. The van der Waals surface area contributed by atoms with Gasteiger partial charge in [0.15, 0.2) is 0 Å². The minimum Gasteiger partial charge on any atom is -0.388 e. The molecule has 5 heteroatoms. The Bertz CT molecular complexity index is 532. The maximum Gasteiger partial charge on any atom is 0.272 e. The minimum atomic E-state index is -0.639. The zero-order chi connectivity index (χ0) is 15.6. The van der Waals surface area contributed by atoms with Gasteiger partial charge in [-0.05, 0) is 57.3 Å². The van der Waals surface area contributed by atoms with Crippen LogP contribution in [-0.4, -0.2) is 64.1 Å². The van der Waals surface area contributed by atoms with Crippen LogP contribution >= 0.6 is 0 Å². The van der Waals surface area contributed by atoms with Crippen LogP contribution < -0.4 is 0 Å². The summed E-state index contributed by atoms with van der Waals surface area (Å²) in [5.41, 5.74) is 0.804. The molecule has 0 spiro atoms. The van der Waals surface area contributed by atoms with Crippen molar-refractivity contribution in [1.82, 2.24) is 14.8 Å². The van der Waals surface area contributed by atoms with Gasteiger partial charge in [-0.1, -0.05) is 6.07 Å². The van der Waals surface area contributed by atoms with E-state index in [0.717, 1.165) is 25.2 Å². The van der Waals surface area contributed by atoms with Crippen LogP contribution in [0, 0.1) is 6.92 Å². The number of rotatable bonds is 3. The molecule has 0 aliphatic carbocycles. The molecule has 1 N–H and O–H groups in total. The summed E-state index contributed by atoms with van der Waals surface area (Å²) in [5, 5.41) is 10.8. The normalized spacial score (nSPS) is 22.0. The van der Waals surface area contributed by atoms with Gasteiger partial charge in [0.2, 0.25) is 0 Å². The molecular weight excluding hydrogens is 278 g/mol. The minimum absolute atomic E-state index is 0.0127. The van der Waals surface area contributed by atoms with Crippen molar-refractivity contribution in [2.75, 3.05) is 32.7 Å². The molecule has 2 aliphatic heterocycles. The second kappa shape index (κ2) is 6.34. The predicted octanol–water partition coefficient (Wildman–Crippen LogP) is 1.45. The lowest BCUT2D eigenvalue weighted by Gasteiger charge is -2.40. The third kappa shape index (κ3) is 3.31. The molecule has 0 saturated carbocycles. The van der Waals surface area contributed by atoms with Gasteiger partial charge in [0.05, 0.1) is 5.60 Å². The first-order valence-corrected chi connectivity index (χ1v) is 8.23. The highest BCUT2D eigenvalue weighted by atomic mass is 16.3. The zero-order valence-corrected chi connectivity index (χ0v) is 13.3. The molecule has 2 aliphatic rings. The summed E-state index contributed by atoms with van der Waals surface area (Å²) < 4.78 is 0. The topological polar surface area (TPSA) is 56.7 Å². The molecule has 5 nitrogen and oxygen atoms in total. The summed E-state index contributed by atoms with van der Waals surface area (Å²) in [6.45, 7) is 6.07. The molecule has 2 fully saturated rings. The molecule has 3 rings (SSSR count). The van der Waals surface area contributed by atoms with Gasteiger partial charge >= 0.3 is 0 Å². The van der Waals surface area contributed by atoms with Crippen molar-refractivity contribution in [3.8, 4) is 0 Å². The van der Waals surface area contributed by atoms with Crippen LogP contribution in [-0.2, 0) is 0 Å². The van der Waals surface area contributed by atoms with E-state index in [1.165, 1.54) is 12.8 Å². The smallest absolute Gasteiger partial charge is 0.272 e. The van der Waals surface area contributed by atoms with E-state index in [0.29, 0.717) is 31.6 Å². The van der Waals surface area contributed by atoms with Gasteiger partial charge in [0.25, 0.3) is 5.91 Å². The average Bonchev–Trinajstić information content (AvgIpc) is 3.00. The molecule has 1 amide bonds. The largest absolute Gasteiger partial charge is 0.388 e. The van der Waals surface area contributed by atoms with E-state index in [1.807, 2.05) is 24.0 Å². The Morgan fingerprint density at radius 2 is 1.95 bits per heavy atom. The second-order valence-electron chi connectivity index (χ2n) is 6.67. The van der Waals surface area contributed by atoms with E-state index >= 15 is 0 Å². The lowest BCUT2D eigenvalue weighted by atomic mass is 9.90. The predicted molar refractivity (Wildman–Crippen MR) is 84.7 cm³/mol. The maximum absolute atomic E-state index is 12.5. The third-order valence-electron chi connectivity index (χ3n) is 4.91. The molecule has 2 saturated heterocycles. The van der Waals surface area contributed by atoms with E-state index in [9.17, 15) is 9.90 Å². The standard InChI is InChI=1S/C17H25N3O2/c1-14-5-4-8-18-15(14)16(21)20-11-6-17(22,7-12-20)13-19-9-2-3-10-19/h4-5,8,22H,2-3,6-7,9-13H2,1H3. The molecule has 0 bridgehead atoms. The van der Waals surface area contributed by atoms with E-state index in [1.54, 1.807) is 6.20 Å². The number of carbonyl (C=O) groups excluding carboxylic acids is 1. The highest BCUT2D eigenvalue weighted by molar-refractivity contribution is 5.93. The van der Waals surface area contributed by atoms with Crippen LogP contribution in [0.25, 0.3) is 0 Å². The van der Waals surface area contributed by atoms with Gasteiger partial charge < -0.3 is 14.9 Å². The van der Waals surface area contributed by atoms with E-state index in [-0.39, 0.29) is 5.91 Å². The Labute approximate surface area is 131 Å². The Morgan fingerprint density at radius 1 is 1.27 bits per heavy atom. The van der Waals surface area contributed by atoms with Gasteiger partial charge in [0, 0.05) is 25.8 Å². The summed E-state index contributed by atoms with van der Waals surface area (Å²) in [4.78, 5) is 20.9. The fourth-order valence-electron chi connectivity index (χ4n) is 3.50. The number of amides is 1. The molecule has 0 radical (unpaired) electrons. The Balaban J connectivity index is 1.59. The number of hydrogen-bond donors (Lipinski definition) is 1. The van der Waals surface area contributed by atoms with Gasteiger partial charge in [-0.25, -0.2) is 0 Å². The van der Waals surface area contributed by atoms with Crippen molar-refractivity contribution >= 4 is 5.91 Å². The van der Waals surface area contributed by atoms with E-state index < -0.39 is 5.60 Å². The van der Waals surface area contributed by atoms with E-state index in [4.69, 9.17) is 0 Å². The summed E-state index contributed by atoms with van der Waals surface area (Å²) in [7, 11) is 0. The van der Waals surface area contributed by atoms with Crippen LogP contribution in [0.1, 0.15) is 41.7 Å². The van der Waals surface area contributed by atoms with Gasteiger partial charge in [-0.2, -0.15) is 0 Å². The van der Waals surface area contributed by atoms with Crippen molar-refractivity contribution in [1.29, 1.82) is 0 Å². The molecular formula is C17H25N3O2. The molecule has 1 aromatic rings. The lowest BCUT2D eigenvalue weighted by Crippen LogP contribution is -2.51. The first-order chi connectivity index (χ1) is 10.6. The number of likely N-dealkylation sites (tertiary alicyclic amines) is 2. The highest BCUT2D eigenvalue weighted by Gasteiger charge is 2.36. The second-order valence-corrected chi connectivity index (χ2v) is 6.67. The van der Waals surface area contributed by atoms with Crippen LogP contribution in [0.15, 0.2) is 18.3 Å². The first kappa shape index (κ1) is 15.4. The van der Waals surface area contributed by atoms with Crippen LogP contribution in [0.2, 0.25) is 0 Å². The Hall–Kier alpha value is -1.46. The van der Waals surface area contributed by atoms with Crippen molar-refractivity contribution in [2.24, 2.45) is 0 Å². The summed E-state index contributed by atoms with van der Waals surface area (Å²) in [5.74, 6) is -0.0127. The SMILES string of the molecule is Cc1cccnc1C(=O)N1CCC(O)(CN2CCCC2)CC1. The molecule has 0 unspecified atom stereocenters. The highest BCUT2D eigenvalue weighted by Crippen LogP contribution is 2.26. The molecule has 22 heavy (non-hydrogen) atoms. The van der Waals surface area contributed by atoms with Gasteiger partial charge in [0.1, 0.15) is 5.69 Å². The number of carbonyl (C=O) groups is 1. The third-order valence-corrected chi connectivity index (χ3v) is 4.91. The Morgan fingerprint density at radius 3 is 2.59 bits per heavy atom. The van der Waals surface area contributed by atoms with E-state index in [2.05, 4.69) is 9.88 Å². The number of hydrogen-bond acceptors (Lipinski definition) is 4. The van der Waals surface area contributed by atoms with Gasteiger partial charge in [-0.15, -0.1) is 0 Å². The van der Waals surface area contributed by atoms with Crippen molar-refractivity contribution in [2.45, 2.75) is 38.2 Å². The summed E-state index contributed by atoms with van der Waals surface area (Å²) in [6.07, 6.45) is 5.44. The Kier molecular flexibility index (Phi) is 4.45. The number of pyridine rings is 1. The average molecular weight is 303 g/mol. The van der Waals surface area contributed by atoms with Crippen molar-refractivity contribution in [3.63, 3.8) is 0 Å². The fraction of sp³-hybridized carbons (Fsp3) is 0.647. The molecule has 0 atom stereocenters. The summed E-state index contributed by atoms with van der Waals surface area (Å²) in [6, 6.07) is 3.75. The molecule has 1 aromatic heterocycles. The first-order valence-electron chi connectivity index (χ1n) is 8.23. The quantitative estimate of drug-likeness (QED) is 0.918. The number of piperidine rings is 1. The summed E-state index contributed by atoms with van der Waals surface area (Å²) >= 11 is 0. The number of nitrogens with zero attached hydrogens (tertiary/aromatic N) is 3. The molecule has 0 aromatic carbocycles. The van der Waals surface area contributed by atoms with Crippen molar-refractivity contribution < 1.29 is 9.90 Å². The zero-order valence-electron chi connectivity index (χ0n) is 13.3. The lowest BCUT2D eigenvalue weighted by molar-refractivity contribution is -0.0368. The number of aryl methyl sites for hydroxylation is 1. The van der Waals surface area contributed by atoms with Crippen molar-refractivity contribution in [3.05, 3.63) is 29.6 Å². The van der Waals surface area contributed by atoms with Crippen LogP contribution in [0.5, 0.6) is 0 Å². The number of aliphatic hydroxyl groups is 1. The monoisotopic (exact) mass is 303 g/mol. The number of β-amino-alcohol motifs (C(OH)–C–C–N with tert-alkyl or cyclic N) is 1.